The smallest absolute Gasteiger partial charge is 0.253 e. The Morgan fingerprint density at radius 2 is 2.03 bits per heavy atom. The number of thiazole rings is 1. The minimum atomic E-state index is -0.327. The summed E-state index contributed by atoms with van der Waals surface area (Å²) in [6.45, 7) is 9.60. The predicted octanol–water partition coefficient (Wildman–Crippen LogP) is 4.99. The van der Waals surface area contributed by atoms with Gasteiger partial charge >= 0.3 is 0 Å². The second kappa shape index (κ2) is 11.4. The van der Waals surface area contributed by atoms with Crippen LogP contribution in [-0.2, 0) is 19.8 Å². The summed E-state index contributed by atoms with van der Waals surface area (Å²) in [5, 5.41) is 7.83. The van der Waals surface area contributed by atoms with Crippen molar-refractivity contribution in [1.29, 1.82) is 0 Å². The predicted molar refractivity (Wildman–Crippen MR) is 141 cm³/mol. The molecule has 192 valence electrons. The average molecular weight is 511 g/mol. The van der Waals surface area contributed by atoms with Crippen molar-refractivity contribution < 1.29 is 19.1 Å². The van der Waals surface area contributed by atoms with E-state index in [0.29, 0.717) is 10.7 Å². The average Bonchev–Trinajstić information content (AvgIpc) is 3.54. The third-order valence-corrected chi connectivity index (χ3v) is 6.86. The van der Waals surface area contributed by atoms with E-state index in [1.54, 1.807) is 12.3 Å². The number of nitrogens with zero attached hydrogens (tertiary/aromatic N) is 2. The maximum absolute atomic E-state index is 12.4. The fourth-order valence-corrected chi connectivity index (χ4v) is 4.70. The number of aromatic nitrogens is 2. The van der Waals surface area contributed by atoms with E-state index >= 15 is 0 Å². The molecule has 2 aromatic heterocycles. The fourth-order valence-electron chi connectivity index (χ4n) is 3.97. The Labute approximate surface area is 216 Å². The van der Waals surface area contributed by atoms with Crippen LogP contribution >= 0.6 is 11.3 Å². The minimum absolute atomic E-state index is 0.0326. The molecule has 0 aliphatic carbocycles. The largest absolute Gasteiger partial charge is 0.381 e. The zero-order chi connectivity index (χ0) is 25.7. The monoisotopic (exact) mass is 510 g/mol. The highest BCUT2D eigenvalue weighted by molar-refractivity contribution is 7.14. The van der Waals surface area contributed by atoms with E-state index in [2.05, 4.69) is 55.4 Å². The highest BCUT2D eigenvalue weighted by Gasteiger charge is 2.19. The molecule has 2 N–H and O–H groups in total. The van der Waals surface area contributed by atoms with E-state index in [-0.39, 0.29) is 36.1 Å². The Kier molecular flexibility index (Phi) is 8.23. The van der Waals surface area contributed by atoms with Crippen LogP contribution < -0.4 is 10.6 Å². The lowest BCUT2D eigenvalue weighted by Gasteiger charge is -2.26. The van der Waals surface area contributed by atoms with Gasteiger partial charge in [-0.15, -0.1) is 11.3 Å². The first-order chi connectivity index (χ1) is 17.2. The summed E-state index contributed by atoms with van der Waals surface area (Å²) in [5.41, 5.74) is 3.23. The van der Waals surface area contributed by atoms with Crippen molar-refractivity contribution >= 4 is 28.3 Å². The van der Waals surface area contributed by atoms with Gasteiger partial charge < -0.3 is 24.7 Å². The fraction of sp³-hybridized carbons (Fsp3) is 0.444. The number of benzene rings is 1. The third kappa shape index (κ3) is 6.81. The van der Waals surface area contributed by atoms with Gasteiger partial charge in [0.05, 0.1) is 30.0 Å². The molecule has 8 nitrogen and oxygen atoms in total. The summed E-state index contributed by atoms with van der Waals surface area (Å²) < 4.78 is 13.6. The maximum atomic E-state index is 12.4. The number of carbonyl (C=O) groups excluding carboxylic acids is 2. The van der Waals surface area contributed by atoms with Crippen molar-refractivity contribution in [3.05, 3.63) is 59.2 Å². The zero-order valence-corrected chi connectivity index (χ0v) is 22.1. The first-order valence-corrected chi connectivity index (χ1v) is 13.1. The summed E-state index contributed by atoms with van der Waals surface area (Å²) in [5.74, 6) is -0.617. The van der Waals surface area contributed by atoms with Gasteiger partial charge in [0, 0.05) is 42.1 Å². The van der Waals surface area contributed by atoms with Crippen LogP contribution in [0.2, 0.25) is 0 Å². The Balaban J connectivity index is 1.31. The van der Waals surface area contributed by atoms with Crippen molar-refractivity contribution in [3.63, 3.8) is 0 Å². The molecule has 9 heteroatoms. The molecular weight excluding hydrogens is 476 g/mol. The van der Waals surface area contributed by atoms with Crippen molar-refractivity contribution in [1.82, 2.24) is 14.9 Å². The van der Waals surface area contributed by atoms with Crippen molar-refractivity contribution in [2.75, 3.05) is 25.1 Å². The molecule has 1 atom stereocenters. The van der Waals surface area contributed by atoms with E-state index < -0.39 is 0 Å². The Morgan fingerprint density at radius 1 is 1.25 bits per heavy atom. The molecule has 1 aromatic carbocycles. The summed E-state index contributed by atoms with van der Waals surface area (Å²) in [4.78, 5) is 29.4. The topological polar surface area (TPSA) is 94.5 Å². The second-order valence-electron chi connectivity index (χ2n) is 9.96. The normalized spacial score (nSPS) is 15.4. The van der Waals surface area contributed by atoms with Gasteiger partial charge in [-0.3, -0.25) is 9.59 Å². The highest BCUT2D eigenvalue weighted by Crippen LogP contribution is 2.29. The molecule has 1 aliphatic heterocycles. The second-order valence-corrected chi connectivity index (χ2v) is 10.8. The lowest BCUT2D eigenvalue weighted by molar-refractivity contribution is -0.115. The first-order valence-electron chi connectivity index (χ1n) is 12.2. The van der Waals surface area contributed by atoms with E-state index in [0.717, 1.165) is 42.9 Å². The molecule has 0 radical (unpaired) electrons. The van der Waals surface area contributed by atoms with Gasteiger partial charge in [-0.25, -0.2) is 4.98 Å². The van der Waals surface area contributed by atoms with Crippen molar-refractivity contribution in [2.45, 2.75) is 58.3 Å². The van der Waals surface area contributed by atoms with Crippen LogP contribution in [0.4, 0.5) is 5.13 Å². The van der Waals surface area contributed by atoms with Gasteiger partial charge in [0.15, 0.2) is 5.13 Å². The molecule has 1 fully saturated rings. The summed E-state index contributed by atoms with van der Waals surface area (Å²) in [6, 6.07) is 9.87. The number of amides is 2. The van der Waals surface area contributed by atoms with E-state index in [1.165, 1.54) is 11.3 Å². The van der Waals surface area contributed by atoms with Crippen LogP contribution in [0.25, 0.3) is 11.3 Å². The van der Waals surface area contributed by atoms with Crippen LogP contribution in [0.5, 0.6) is 0 Å². The van der Waals surface area contributed by atoms with Gasteiger partial charge in [-0.2, -0.15) is 0 Å². The molecule has 0 saturated carbocycles. The molecule has 1 aliphatic rings. The molecule has 0 spiro atoms. The van der Waals surface area contributed by atoms with Gasteiger partial charge in [0.25, 0.3) is 5.91 Å². The lowest BCUT2D eigenvalue weighted by atomic mass is 10.0. The molecular formula is C27H34N4O4S. The van der Waals surface area contributed by atoms with E-state index in [1.807, 2.05) is 28.3 Å². The molecule has 3 aromatic rings. The van der Waals surface area contributed by atoms with Crippen LogP contribution in [0.15, 0.2) is 48.1 Å². The molecule has 4 rings (SSSR count). The Morgan fingerprint density at radius 3 is 2.75 bits per heavy atom. The minimum Gasteiger partial charge on any atom is -0.381 e. The summed E-state index contributed by atoms with van der Waals surface area (Å²) >= 11 is 1.35. The first kappa shape index (κ1) is 26.1. The number of rotatable bonds is 8. The molecule has 3 heterocycles. The molecule has 36 heavy (non-hydrogen) atoms. The van der Waals surface area contributed by atoms with Crippen molar-refractivity contribution in [3.8, 4) is 11.3 Å². The van der Waals surface area contributed by atoms with Gasteiger partial charge in [0.2, 0.25) is 5.91 Å². The van der Waals surface area contributed by atoms with Crippen LogP contribution in [0.3, 0.4) is 0 Å². The van der Waals surface area contributed by atoms with E-state index in [9.17, 15) is 9.59 Å². The summed E-state index contributed by atoms with van der Waals surface area (Å²) in [6.07, 6.45) is 5.67. The molecule has 0 bridgehead atoms. The summed E-state index contributed by atoms with van der Waals surface area (Å²) in [7, 11) is 0. The van der Waals surface area contributed by atoms with Crippen LogP contribution in [-0.4, -0.2) is 47.2 Å². The van der Waals surface area contributed by atoms with Crippen LogP contribution in [0.1, 0.15) is 62.6 Å². The molecule has 1 saturated heterocycles. The quantitative estimate of drug-likeness (QED) is 0.445. The van der Waals surface area contributed by atoms with Gasteiger partial charge in [0.1, 0.15) is 0 Å². The number of ether oxygens (including phenoxy) is 2. The Hall–Kier alpha value is -3.01. The highest BCUT2D eigenvalue weighted by atomic mass is 32.1. The molecule has 2 amide bonds. The third-order valence-electron chi connectivity index (χ3n) is 6.11. The molecule has 1 unspecified atom stereocenters. The number of carbonyl (C=O) groups is 2. The number of hydrogen-bond donors (Lipinski definition) is 2. The Bertz CT molecular complexity index is 1190. The van der Waals surface area contributed by atoms with E-state index in [4.69, 9.17) is 9.47 Å². The number of nitrogens with one attached hydrogen (secondary N) is 2. The van der Waals surface area contributed by atoms with Gasteiger partial charge in [-0.1, -0.05) is 18.2 Å². The zero-order valence-electron chi connectivity index (χ0n) is 21.2. The SMILES string of the molecule is CC(OC1CCOCC1)c1cccc(-c2csc(NC(=O)CNC(=O)c3ccn(C(C)(C)C)c3)n2)c1. The van der Waals surface area contributed by atoms with Crippen molar-refractivity contribution in [2.24, 2.45) is 0 Å². The standard InChI is InChI=1S/C27H34N4O4S/c1-18(35-22-9-12-34-13-10-22)19-6-5-7-20(14-19)23-17-36-26(29-23)30-24(32)15-28-25(33)21-8-11-31(16-21)27(2,3)4/h5-8,11,14,16-18,22H,9-10,12-13,15H2,1-4H3,(H,28,33)(H,29,30,32). The van der Waals surface area contributed by atoms with Gasteiger partial charge in [-0.05, 0) is 58.2 Å². The maximum Gasteiger partial charge on any atom is 0.253 e. The number of hydrogen-bond acceptors (Lipinski definition) is 6. The number of anilines is 1. The van der Waals surface area contributed by atoms with Crippen LogP contribution in [0, 0.1) is 0 Å². The lowest BCUT2D eigenvalue weighted by Crippen LogP contribution is -2.32.